The van der Waals surface area contributed by atoms with E-state index in [9.17, 15) is 19.1 Å². The number of ether oxygens (including phenoxy) is 1. The molecule has 166 valence electrons. The molecule has 1 saturated heterocycles. The lowest BCUT2D eigenvalue weighted by Crippen LogP contribution is -2.50. The summed E-state index contributed by atoms with van der Waals surface area (Å²) in [5, 5.41) is 10.5. The third-order valence-electron chi connectivity index (χ3n) is 6.44. The number of hydrogen-bond donors (Lipinski definition) is 1. The smallest absolute Gasteiger partial charge is 0.243 e. The van der Waals surface area contributed by atoms with Gasteiger partial charge in [0.1, 0.15) is 22.1 Å². The second kappa shape index (κ2) is 8.46. The monoisotopic (exact) mass is 453 g/mol. The van der Waals surface area contributed by atoms with Crippen LogP contribution in [-0.4, -0.2) is 58.7 Å². The zero-order valence-corrected chi connectivity index (χ0v) is 18.4. The highest BCUT2D eigenvalue weighted by atomic mass is 32.2. The van der Waals surface area contributed by atoms with E-state index in [1.807, 2.05) is 30.3 Å². The number of fused-ring (bicyclic) bond motifs is 2. The molecule has 0 amide bonds. The third-order valence-corrected chi connectivity index (χ3v) is 7.77. The number of nitrogens with zero attached hydrogens (tertiary/aromatic N) is 1. The number of β-amino-alcohol motifs (C(OH)–C–C–N with tert-alkyl or cyclic N) is 1. The highest BCUT2D eigenvalue weighted by Gasteiger charge is 2.46. The second-order valence-corrected chi connectivity index (χ2v) is 9.71. The first kappa shape index (κ1) is 21.4. The quantitative estimate of drug-likeness (QED) is 0.716. The van der Waals surface area contributed by atoms with Gasteiger partial charge in [-0.3, -0.25) is 9.59 Å². The number of carbonyl (C=O) groups excluding carboxylic acids is 2. The van der Waals surface area contributed by atoms with Gasteiger partial charge in [-0.2, -0.15) is 0 Å². The van der Waals surface area contributed by atoms with Crippen LogP contribution in [0.1, 0.15) is 34.3 Å². The van der Waals surface area contributed by atoms with Crippen LogP contribution < -0.4 is 0 Å². The molecule has 0 aromatic heterocycles. The van der Waals surface area contributed by atoms with Gasteiger partial charge in [-0.1, -0.05) is 30.3 Å². The summed E-state index contributed by atoms with van der Waals surface area (Å²) in [4.78, 5) is 27.5. The summed E-state index contributed by atoms with van der Waals surface area (Å²) in [6, 6.07) is 13.8. The Morgan fingerprint density at radius 2 is 1.81 bits per heavy atom. The first-order valence-electron chi connectivity index (χ1n) is 10.8. The van der Waals surface area contributed by atoms with E-state index in [2.05, 4.69) is 4.90 Å². The van der Waals surface area contributed by atoms with Crippen molar-refractivity contribution in [2.75, 3.05) is 25.4 Å². The molecule has 1 atom stereocenters. The Labute approximate surface area is 190 Å². The average molecular weight is 454 g/mol. The van der Waals surface area contributed by atoms with Crippen molar-refractivity contribution in [1.29, 1.82) is 0 Å². The molecule has 1 N–H and O–H groups in total. The number of benzene rings is 2. The predicted octanol–water partition coefficient (Wildman–Crippen LogP) is 3.46. The van der Waals surface area contributed by atoms with Gasteiger partial charge in [0.15, 0.2) is 0 Å². The Balaban J connectivity index is 1.27. The molecule has 0 bridgehead atoms. The van der Waals surface area contributed by atoms with Crippen LogP contribution in [0.15, 0.2) is 53.4 Å². The molecule has 7 heteroatoms. The van der Waals surface area contributed by atoms with E-state index in [4.69, 9.17) is 4.74 Å². The summed E-state index contributed by atoms with van der Waals surface area (Å²) in [5.74, 6) is -0.713. The molecule has 0 radical (unpaired) electrons. The molecule has 5 nitrogen and oxygen atoms in total. The second-order valence-electron chi connectivity index (χ2n) is 8.72. The Morgan fingerprint density at radius 1 is 1.06 bits per heavy atom. The van der Waals surface area contributed by atoms with Gasteiger partial charge in [0, 0.05) is 49.4 Å². The SMILES string of the molecule is O=C1C(=O)c2ccc(F)cc2C2=C1SCC1(CCN(C[C@@H](O)Cc3ccccc3)CC1)O2. The zero-order chi connectivity index (χ0) is 22.3. The lowest BCUT2D eigenvalue weighted by molar-refractivity contribution is -0.111. The lowest BCUT2D eigenvalue weighted by Gasteiger charge is -2.45. The van der Waals surface area contributed by atoms with Crippen LogP contribution in [0.5, 0.6) is 0 Å². The number of piperidine rings is 1. The molecule has 1 spiro atoms. The van der Waals surface area contributed by atoms with E-state index in [1.54, 1.807) is 0 Å². The minimum atomic E-state index is -0.604. The van der Waals surface area contributed by atoms with Crippen LogP contribution in [0.2, 0.25) is 0 Å². The van der Waals surface area contributed by atoms with Crippen LogP contribution in [0.25, 0.3) is 5.76 Å². The van der Waals surface area contributed by atoms with Crippen LogP contribution in [0.4, 0.5) is 4.39 Å². The fourth-order valence-electron chi connectivity index (χ4n) is 4.67. The molecule has 5 rings (SSSR count). The molecule has 2 aromatic carbocycles. The minimum Gasteiger partial charge on any atom is -0.484 e. The molecular formula is C25H24FNO4S. The number of aliphatic hydroxyl groups excluding tert-OH is 1. The molecule has 2 heterocycles. The van der Waals surface area contributed by atoms with E-state index in [1.165, 1.54) is 30.0 Å². The van der Waals surface area contributed by atoms with Gasteiger partial charge in [0.25, 0.3) is 0 Å². The number of carbonyl (C=O) groups is 2. The number of Topliss-reactive ketones (excluding diaryl/α,β-unsaturated/α-hetero) is 2. The Bertz CT molecular complexity index is 1090. The molecular weight excluding hydrogens is 429 g/mol. The highest BCUT2D eigenvalue weighted by molar-refractivity contribution is 8.04. The van der Waals surface area contributed by atoms with E-state index in [0.717, 1.165) is 31.5 Å². The fraction of sp³-hybridized carbons (Fsp3) is 0.360. The predicted molar refractivity (Wildman–Crippen MR) is 121 cm³/mol. The first-order valence-corrected chi connectivity index (χ1v) is 11.8. The number of allylic oxidation sites excluding steroid dienone is 1. The van der Waals surface area contributed by atoms with Crippen LogP contribution in [0, 0.1) is 5.82 Å². The number of rotatable bonds is 4. The number of likely N-dealkylation sites (tertiary alicyclic amines) is 1. The maximum Gasteiger partial charge on any atom is 0.243 e. The normalized spacial score (nSPS) is 21.2. The Hall–Kier alpha value is -2.48. The van der Waals surface area contributed by atoms with Gasteiger partial charge in [0.2, 0.25) is 11.6 Å². The zero-order valence-electron chi connectivity index (χ0n) is 17.6. The molecule has 0 unspecified atom stereocenters. The number of hydrogen-bond acceptors (Lipinski definition) is 6. The molecule has 1 fully saturated rings. The van der Waals surface area contributed by atoms with Crippen molar-refractivity contribution in [3.8, 4) is 0 Å². The largest absolute Gasteiger partial charge is 0.484 e. The topological polar surface area (TPSA) is 66.8 Å². The number of halogens is 1. The molecule has 32 heavy (non-hydrogen) atoms. The molecule has 2 aromatic rings. The first-order chi connectivity index (χ1) is 15.4. The van der Waals surface area contributed by atoms with Gasteiger partial charge < -0.3 is 14.7 Å². The van der Waals surface area contributed by atoms with Crippen molar-refractivity contribution in [2.24, 2.45) is 0 Å². The van der Waals surface area contributed by atoms with Crippen LogP contribution in [0.3, 0.4) is 0 Å². The van der Waals surface area contributed by atoms with Crippen molar-refractivity contribution >= 4 is 29.1 Å². The van der Waals surface area contributed by atoms with Crippen molar-refractivity contribution in [1.82, 2.24) is 4.90 Å². The Kier molecular flexibility index (Phi) is 5.65. The maximum absolute atomic E-state index is 13.9. The van der Waals surface area contributed by atoms with E-state index < -0.39 is 29.1 Å². The van der Waals surface area contributed by atoms with Crippen molar-refractivity contribution < 1.29 is 23.8 Å². The Morgan fingerprint density at radius 3 is 2.56 bits per heavy atom. The van der Waals surface area contributed by atoms with Crippen molar-refractivity contribution in [3.63, 3.8) is 0 Å². The van der Waals surface area contributed by atoms with Crippen LogP contribution >= 0.6 is 11.8 Å². The molecule has 0 saturated carbocycles. The molecule has 2 aliphatic heterocycles. The highest BCUT2D eigenvalue weighted by Crippen LogP contribution is 2.47. The standard InChI is InChI=1S/C25H24FNO4S/c26-17-6-7-19-20(13-17)23-24(22(30)21(19)29)32-15-25(31-23)8-10-27(11-9-25)14-18(28)12-16-4-2-1-3-5-16/h1-7,13,18,28H,8-12,14-15H2/t18-/m0/s1. The van der Waals surface area contributed by atoms with E-state index in [0.29, 0.717) is 34.9 Å². The third kappa shape index (κ3) is 4.00. The summed E-state index contributed by atoms with van der Waals surface area (Å²) < 4.78 is 20.3. The summed E-state index contributed by atoms with van der Waals surface area (Å²) in [7, 11) is 0. The van der Waals surface area contributed by atoms with Gasteiger partial charge in [-0.25, -0.2) is 4.39 Å². The van der Waals surface area contributed by atoms with Crippen molar-refractivity contribution in [3.05, 3.63) is 75.9 Å². The van der Waals surface area contributed by atoms with Gasteiger partial charge in [0.05, 0.1) is 6.10 Å². The maximum atomic E-state index is 13.9. The molecule has 1 aliphatic carbocycles. The summed E-state index contributed by atoms with van der Waals surface area (Å²) in [6.07, 6.45) is 1.64. The summed E-state index contributed by atoms with van der Waals surface area (Å²) in [6.45, 7) is 2.11. The molecule has 3 aliphatic rings. The summed E-state index contributed by atoms with van der Waals surface area (Å²) >= 11 is 1.34. The number of ketones is 2. The van der Waals surface area contributed by atoms with E-state index >= 15 is 0 Å². The van der Waals surface area contributed by atoms with Crippen molar-refractivity contribution in [2.45, 2.75) is 31.0 Å². The number of aliphatic hydroxyl groups is 1. The van der Waals surface area contributed by atoms with E-state index in [-0.39, 0.29) is 5.56 Å². The lowest BCUT2D eigenvalue weighted by atomic mass is 9.89. The average Bonchev–Trinajstić information content (AvgIpc) is 2.80. The van der Waals surface area contributed by atoms with Crippen LogP contribution in [-0.2, 0) is 16.0 Å². The van der Waals surface area contributed by atoms with Gasteiger partial charge >= 0.3 is 0 Å². The minimum absolute atomic E-state index is 0.203. The summed E-state index contributed by atoms with van der Waals surface area (Å²) in [5.41, 5.74) is 1.22. The van der Waals surface area contributed by atoms with Gasteiger partial charge in [-0.05, 0) is 30.2 Å². The fourth-order valence-corrected chi connectivity index (χ4v) is 5.94. The number of thioether (sulfide) groups is 1. The van der Waals surface area contributed by atoms with Gasteiger partial charge in [-0.15, -0.1) is 11.8 Å².